The number of furan rings is 1. The van der Waals surface area contributed by atoms with Gasteiger partial charge in [0, 0.05) is 12.1 Å². The summed E-state index contributed by atoms with van der Waals surface area (Å²) in [5.74, 6) is 1.53. The third-order valence-electron chi connectivity index (χ3n) is 3.48. The SMILES string of the molecule is Cc1ccc(C(=O)NC2C(C)CCNC2C)o1.Cl. The largest absolute Gasteiger partial charge is 0.456 e. The van der Waals surface area contributed by atoms with Crippen LogP contribution in [0.5, 0.6) is 0 Å². The minimum absolute atomic E-state index is 0. The molecule has 0 saturated carbocycles. The summed E-state index contributed by atoms with van der Waals surface area (Å²) >= 11 is 0. The fourth-order valence-electron chi connectivity index (χ4n) is 2.38. The van der Waals surface area contributed by atoms with Gasteiger partial charge in [-0.1, -0.05) is 6.92 Å². The third kappa shape index (κ3) is 3.27. The van der Waals surface area contributed by atoms with Gasteiger partial charge in [-0.25, -0.2) is 0 Å². The highest BCUT2D eigenvalue weighted by molar-refractivity contribution is 5.91. The van der Waals surface area contributed by atoms with Crippen molar-refractivity contribution in [2.24, 2.45) is 5.92 Å². The van der Waals surface area contributed by atoms with E-state index in [1.807, 2.05) is 6.92 Å². The van der Waals surface area contributed by atoms with Crippen molar-refractivity contribution in [1.29, 1.82) is 0 Å². The molecule has 1 amide bonds. The highest BCUT2D eigenvalue weighted by atomic mass is 35.5. The second-order valence-corrected chi connectivity index (χ2v) is 4.92. The minimum Gasteiger partial charge on any atom is -0.456 e. The summed E-state index contributed by atoms with van der Waals surface area (Å²) in [6.07, 6.45) is 1.09. The molecule has 1 aliphatic rings. The van der Waals surface area contributed by atoms with Crippen molar-refractivity contribution in [3.05, 3.63) is 23.7 Å². The number of rotatable bonds is 2. The maximum absolute atomic E-state index is 12.0. The van der Waals surface area contributed by atoms with Gasteiger partial charge in [-0.15, -0.1) is 12.4 Å². The summed E-state index contributed by atoms with van der Waals surface area (Å²) in [6, 6.07) is 4.00. The first-order valence-corrected chi connectivity index (χ1v) is 6.18. The molecular weight excluding hydrogens is 252 g/mol. The van der Waals surface area contributed by atoms with Crippen LogP contribution in [0.4, 0.5) is 0 Å². The maximum atomic E-state index is 12.0. The summed E-state index contributed by atoms with van der Waals surface area (Å²) in [5, 5.41) is 6.43. The fourth-order valence-corrected chi connectivity index (χ4v) is 2.38. The van der Waals surface area contributed by atoms with Gasteiger partial charge in [0.15, 0.2) is 5.76 Å². The number of piperidine rings is 1. The molecule has 0 aliphatic carbocycles. The molecule has 2 N–H and O–H groups in total. The smallest absolute Gasteiger partial charge is 0.287 e. The van der Waals surface area contributed by atoms with Gasteiger partial charge < -0.3 is 15.1 Å². The number of aryl methyl sites for hydroxylation is 1. The average Bonchev–Trinajstić information content (AvgIpc) is 2.70. The van der Waals surface area contributed by atoms with E-state index < -0.39 is 0 Å². The molecule has 5 heteroatoms. The van der Waals surface area contributed by atoms with Crippen LogP contribution in [0.25, 0.3) is 0 Å². The quantitative estimate of drug-likeness (QED) is 0.867. The molecule has 1 aromatic heterocycles. The van der Waals surface area contributed by atoms with E-state index in [0.717, 1.165) is 18.7 Å². The van der Waals surface area contributed by atoms with Gasteiger partial charge in [-0.05, 0) is 44.9 Å². The Morgan fingerprint density at radius 1 is 1.44 bits per heavy atom. The van der Waals surface area contributed by atoms with E-state index in [-0.39, 0.29) is 24.4 Å². The molecule has 1 aromatic rings. The second-order valence-electron chi connectivity index (χ2n) is 4.92. The number of carbonyl (C=O) groups is 1. The molecule has 4 nitrogen and oxygen atoms in total. The van der Waals surface area contributed by atoms with Crippen LogP contribution >= 0.6 is 12.4 Å². The predicted molar refractivity (Wildman–Crippen MR) is 73.2 cm³/mol. The molecule has 1 fully saturated rings. The monoisotopic (exact) mass is 272 g/mol. The average molecular weight is 273 g/mol. The Hall–Kier alpha value is -1.00. The van der Waals surface area contributed by atoms with Gasteiger partial charge in [0.05, 0.1) is 0 Å². The first kappa shape index (κ1) is 15.1. The first-order chi connectivity index (χ1) is 8.08. The highest BCUT2D eigenvalue weighted by Crippen LogP contribution is 2.17. The van der Waals surface area contributed by atoms with E-state index in [4.69, 9.17) is 4.42 Å². The lowest BCUT2D eigenvalue weighted by Gasteiger charge is -2.35. The van der Waals surface area contributed by atoms with Crippen LogP contribution in [-0.2, 0) is 0 Å². The van der Waals surface area contributed by atoms with Crippen molar-refractivity contribution >= 4 is 18.3 Å². The molecule has 3 unspecified atom stereocenters. The van der Waals surface area contributed by atoms with Gasteiger partial charge in [0.2, 0.25) is 0 Å². The zero-order valence-corrected chi connectivity index (χ0v) is 11.8. The number of halogens is 1. The Kier molecular flexibility index (Phi) is 5.23. The number of amides is 1. The second kappa shape index (κ2) is 6.25. The Bertz CT molecular complexity index is 395. The summed E-state index contributed by atoms with van der Waals surface area (Å²) in [4.78, 5) is 12.0. The Labute approximate surface area is 114 Å². The van der Waals surface area contributed by atoms with Crippen LogP contribution < -0.4 is 10.6 Å². The number of hydrogen-bond donors (Lipinski definition) is 2. The van der Waals surface area contributed by atoms with Crippen LogP contribution in [0.15, 0.2) is 16.5 Å². The van der Waals surface area contributed by atoms with Crippen LogP contribution in [0.1, 0.15) is 36.6 Å². The Balaban J connectivity index is 0.00000162. The van der Waals surface area contributed by atoms with Crippen molar-refractivity contribution in [2.45, 2.75) is 39.3 Å². The van der Waals surface area contributed by atoms with Crippen molar-refractivity contribution in [3.63, 3.8) is 0 Å². The molecular formula is C13H21ClN2O2. The maximum Gasteiger partial charge on any atom is 0.287 e. The minimum atomic E-state index is -0.120. The van der Waals surface area contributed by atoms with Gasteiger partial charge in [0.1, 0.15) is 5.76 Å². The van der Waals surface area contributed by atoms with E-state index in [0.29, 0.717) is 17.7 Å². The topological polar surface area (TPSA) is 54.3 Å². The molecule has 3 atom stereocenters. The molecule has 0 spiro atoms. The van der Waals surface area contributed by atoms with Gasteiger partial charge in [-0.2, -0.15) is 0 Å². The zero-order valence-electron chi connectivity index (χ0n) is 11.0. The summed E-state index contributed by atoms with van der Waals surface area (Å²) in [7, 11) is 0. The lowest BCUT2D eigenvalue weighted by atomic mass is 9.89. The molecule has 0 radical (unpaired) electrons. The molecule has 2 heterocycles. The summed E-state index contributed by atoms with van der Waals surface area (Å²) in [5.41, 5.74) is 0. The summed E-state index contributed by atoms with van der Waals surface area (Å²) in [6.45, 7) is 7.14. The molecule has 18 heavy (non-hydrogen) atoms. The van der Waals surface area contributed by atoms with Crippen molar-refractivity contribution < 1.29 is 9.21 Å². The van der Waals surface area contributed by atoms with Crippen LogP contribution in [0.3, 0.4) is 0 Å². The van der Waals surface area contributed by atoms with Gasteiger partial charge in [-0.3, -0.25) is 4.79 Å². The van der Waals surface area contributed by atoms with Gasteiger partial charge >= 0.3 is 0 Å². The van der Waals surface area contributed by atoms with E-state index in [9.17, 15) is 4.79 Å². The van der Waals surface area contributed by atoms with Crippen molar-refractivity contribution in [3.8, 4) is 0 Å². The first-order valence-electron chi connectivity index (χ1n) is 6.18. The van der Waals surface area contributed by atoms with E-state index >= 15 is 0 Å². The zero-order chi connectivity index (χ0) is 12.4. The normalized spacial score (nSPS) is 27.4. The third-order valence-corrected chi connectivity index (χ3v) is 3.48. The number of hydrogen-bond acceptors (Lipinski definition) is 3. The molecule has 2 rings (SSSR count). The van der Waals surface area contributed by atoms with E-state index in [1.54, 1.807) is 12.1 Å². The number of nitrogens with one attached hydrogen (secondary N) is 2. The molecule has 0 aromatic carbocycles. The van der Waals surface area contributed by atoms with Crippen LogP contribution in [0.2, 0.25) is 0 Å². The Morgan fingerprint density at radius 2 is 2.17 bits per heavy atom. The predicted octanol–water partition coefficient (Wildman–Crippen LogP) is 2.13. The van der Waals surface area contributed by atoms with Crippen molar-refractivity contribution in [2.75, 3.05) is 6.54 Å². The van der Waals surface area contributed by atoms with E-state index in [1.165, 1.54) is 0 Å². The lowest BCUT2D eigenvalue weighted by Crippen LogP contribution is -2.55. The number of carbonyl (C=O) groups excluding carboxylic acids is 1. The van der Waals surface area contributed by atoms with Crippen LogP contribution in [0, 0.1) is 12.8 Å². The molecule has 1 saturated heterocycles. The molecule has 1 aliphatic heterocycles. The fraction of sp³-hybridized carbons (Fsp3) is 0.615. The molecule has 0 bridgehead atoms. The molecule has 102 valence electrons. The standard InChI is InChI=1S/C13H20N2O2.ClH/c1-8-6-7-14-10(3)12(8)15-13(16)11-5-4-9(2)17-11;/h4-5,8,10,12,14H,6-7H2,1-3H3,(H,15,16);1H. The lowest BCUT2D eigenvalue weighted by molar-refractivity contribution is 0.0868. The Morgan fingerprint density at radius 3 is 2.72 bits per heavy atom. The van der Waals surface area contributed by atoms with Gasteiger partial charge in [0.25, 0.3) is 5.91 Å². The summed E-state index contributed by atoms with van der Waals surface area (Å²) < 4.78 is 5.32. The highest BCUT2D eigenvalue weighted by Gasteiger charge is 2.29. The van der Waals surface area contributed by atoms with Crippen molar-refractivity contribution in [1.82, 2.24) is 10.6 Å². The van der Waals surface area contributed by atoms with E-state index in [2.05, 4.69) is 24.5 Å². The van der Waals surface area contributed by atoms with Crippen LogP contribution in [-0.4, -0.2) is 24.5 Å².